The van der Waals surface area contributed by atoms with Crippen LogP contribution in [0.25, 0.3) is 11.1 Å². The van der Waals surface area contributed by atoms with E-state index in [2.05, 4.69) is 30.9 Å². The number of aliphatic hydroxyl groups excluding tert-OH is 2. The largest absolute Gasteiger partial charge is 0.511 e. The summed E-state index contributed by atoms with van der Waals surface area (Å²) < 4.78 is 0. The van der Waals surface area contributed by atoms with Gasteiger partial charge in [-0.2, -0.15) is 0 Å². The Morgan fingerprint density at radius 3 is 2.40 bits per heavy atom. The lowest BCUT2D eigenvalue weighted by Gasteiger charge is -2.59. The molecule has 0 aliphatic heterocycles. The van der Waals surface area contributed by atoms with Gasteiger partial charge in [-0.25, -0.2) is 0 Å². The van der Waals surface area contributed by atoms with Gasteiger partial charge >= 0.3 is 0 Å². The molecule has 4 N–H and O–H groups in total. The number of carbonyl (C=O) groups is 3. The van der Waals surface area contributed by atoms with E-state index >= 15 is 0 Å². The van der Waals surface area contributed by atoms with Gasteiger partial charge in [-0.15, -0.1) is 0 Å². The molecule has 0 fully saturated rings. The highest BCUT2D eigenvalue weighted by Gasteiger charge is 2.71. The van der Waals surface area contributed by atoms with Crippen LogP contribution in [0.1, 0.15) is 87.0 Å². The summed E-state index contributed by atoms with van der Waals surface area (Å²) in [4.78, 5) is 40.8. The zero-order valence-corrected chi connectivity index (χ0v) is 27.8. The van der Waals surface area contributed by atoms with Gasteiger partial charge in [0.1, 0.15) is 22.8 Å². The number of fused-ring (bicyclic) bond motifs is 3. The van der Waals surface area contributed by atoms with Crippen molar-refractivity contribution in [2.24, 2.45) is 22.7 Å². The van der Waals surface area contributed by atoms with E-state index in [9.17, 15) is 34.8 Å². The third kappa shape index (κ3) is 4.54. The number of Topliss-reactive ketones (excluding diaryl/α,β-unsaturated/α-hetero) is 3. The zero-order chi connectivity index (χ0) is 34.4. The predicted molar refractivity (Wildman–Crippen MR) is 181 cm³/mol. The second-order valence-corrected chi connectivity index (χ2v) is 14.8. The van der Waals surface area contributed by atoms with Gasteiger partial charge in [0.2, 0.25) is 5.78 Å². The SMILES string of the molecule is C=C(C)c1cccc(C2=CCC(Cc3ccc(O)c4c3C[C@]3(C)C[C@]5(C)C(C(C)C)C(O)=C(C(C)=O)C(=O)[C@]5(O)C(O)=C3C4=O)=C2)c1. The Morgan fingerprint density at radius 1 is 1.06 bits per heavy atom. The highest BCUT2D eigenvalue weighted by Crippen LogP contribution is 2.65. The van der Waals surface area contributed by atoms with Crippen molar-refractivity contribution in [2.45, 2.75) is 72.8 Å². The van der Waals surface area contributed by atoms with Gasteiger partial charge in [0.15, 0.2) is 17.2 Å². The molecule has 0 heterocycles. The first kappa shape index (κ1) is 32.5. The Labute approximate surface area is 275 Å². The summed E-state index contributed by atoms with van der Waals surface area (Å²) in [5.74, 6) is -5.14. The third-order valence-electron chi connectivity index (χ3n) is 11.0. The van der Waals surface area contributed by atoms with Crippen LogP contribution in [-0.2, 0) is 22.4 Å². The van der Waals surface area contributed by atoms with Crippen LogP contribution < -0.4 is 0 Å². The molecule has 4 aliphatic rings. The number of hydrogen-bond donors (Lipinski definition) is 4. The van der Waals surface area contributed by atoms with E-state index in [-0.39, 0.29) is 35.6 Å². The fourth-order valence-electron chi connectivity index (χ4n) is 9.07. The molecule has 0 saturated carbocycles. The second-order valence-electron chi connectivity index (χ2n) is 14.8. The lowest BCUT2D eigenvalue weighted by atomic mass is 9.44. The van der Waals surface area contributed by atoms with E-state index in [0.29, 0.717) is 12.0 Å². The molecule has 47 heavy (non-hydrogen) atoms. The maximum absolute atomic E-state index is 14.4. The maximum atomic E-state index is 14.4. The minimum atomic E-state index is -2.62. The molecule has 0 bridgehead atoms. The summed E-state index contributed by atoms with van der Waals surface area (Å²) in [5.41, 5.74) is 1.14. The molecule has 2 aromatic rings. The van der Waals surface area contributed by atoms with Crippen LogP contribution in [0.5, 0.6) is 5.75 Å². The standard InChI is InChI=1S/C40H42O7/c1-20(2)24-9-8-10-25(17-24)26-12-11-23(15-26)16-27-13-14-29(42)31-28(27)18-38(6)19-39(7)32(21(3)4)34(43)30(22(5)41)36(45)40(39,47)37(46)33(38)35(31)44/h8-10,12-15,17,21,32,42-43,46-47H,1,11,16,18-19H2,2-7H3/t32?,38-,39-,40+/m1/s1. The minimum absolute atomic E-state index is 0.0449. The summed E-state index contributed by atoms with van der Waals surface area (Å²) in [6, 6.07) is 11.5. The molecule has 244 valence electrons. The van der Waals surface area contributed by atoms with Crippen LogP contribution in [0.4, 0.5) is 0 Å². The lowest BCUT2D eigenvalue weighted by Crippen LogP contribution is -2.67. The van der Waals surface area contributed by atoms with Crippen molar-refractivity contribution in [1.29, 1.82) is 0 Å². The fourth-order valence-corrected chi connectivity index (χ4v) is 9.07. The van der Waals surface area contributed by atoms with Crippen molar-refractivity contribution in [2.75, 3.05) is 0 Å². The summed E-state index contributed by atoms with van der Waals surface area (Å²) in [5, 5.41) is 46.5. The quantitative estimate of drug-likeness (QED) is 0.245. The van der Waals surface area contributed by atoms with Gasteiger partial charge in [0.05, 0.1) is 5.56 Å². The van der Waals surface area contributed by atoms with Crippen LogP contribution in [0.2, 0.25) is 0 Å². The van der Waals surface area contributed by atoms with E-state index < -0.39 is 56.8 Å². The average Bonchev–Trinajstić information content (AvgIpc) is 3.44. The number of benzene rings is 2. The van der Waals surface area contributed by atoms with Gasteiger partial charge in [-0.1, -0.05) is 81.8 Å². The van der Waals surface area contributed by atoms with Gasteiger partial charge in [-0.05, 0) is 85.4 Å². The molecule has 1 unspecified atom stereocenters. The molecule has 6 rings (SSSR count). The highest BCUT2D eigenvalue weighted by atomic mass is 16.3. The molecule has 4 aliphatic carbocycles. The Kier molecular flexibility index (Phi) is 7.44. The number of phenolic OH excluding ortho intramolecular Hbond substituents is 1. The first-order valence-corrected chi connectivity index (χ1v) is 16.2. The van der Waals surface area contributed by atoms with Crippen molar-refractivity contribution in [3.63, 3.8) is 0 Å². The van der Waals surface area contributed by atoms with Gasteiger partial charge in [0, 0.05) is 22.3 Å². The monoisotopic (exact) mass is 634 g/mol. The Balaban J connectivity index is 1.45. The Bertz CT molecular complexity index is 1930. The molecule has 4 atom stereocenters. The predicted octanol–water partition coefficient (Wildman–Crippen LogP) is 7.34. The van der Waals surface area contributed by atoms with Gasteiger partial charge in [0.25, 0.3) is 0 Å². The second kappa shape index (κ2) is 10.8. The molecular weight excluding hydrogens is 592 g/mol. The van der Waals surface area contributed by atoms with E-state index in [1.54, 1.807) is 6.92 Å². The van der Waals surface area contributed by atoms with Crippen molar-refractivity contribution in [3.8, 4) is 5.75 Å². The van der Waals surface area contributed by atoms with Crippen molar-refractivity contribution >= 4 is 28.5 Å². The molecule has 0 aromatic heterocycles. The number of allylic oxidation sites excluding steroid dienone is 7. The minimum Gasteiger partial charge on any atom is -0.511 e. The summed E-state index contributed by atoms with van der Waals surface area (Å²) in [6.45, 7) is 14.3. The van der Waals surface area contributed by atoms with Crippen molar-refractivity contribution in [1.82, 2.24) is 0 Å². The summed E-state index contributed by atoms with van der Waals surface area (Å²) >= 11 is 0. The Hall–Kier alpha value is -4.49. The van der Waals surface area contributed by atoms with Crippen LogP contribution in [-0.4, -0.2) is 43.4 Å². The molecule has 0 saturated heterocycles. The van der Waals surface area contributed by atoms with Gasteiger partial charge < -0.3 is 20.4 Å². The number of aliphatic hydroxyl groups is 3. The normalized spacial score (nSPS) is 28.6. The molecule has 7 nitrogen and oxygen atoms in total. The molecule has 0 spiro atoms. The summed E-state index contributed by atoms with van der Waals surface area (Å²) in [7, 11) is 0. The maximum Gasteiger partial charge on any atom is 0.209 e. The number of aromatic hydroxyl groups is 1. The van der Waals surface area contributed by atoms with Crippen LogP contribution in [0.15, 0.2) is 83.4 Å². The van der Waals surface area contributed by atoms with Crippen LogP contribution in [0.3, 0.4) is 0 Å². The smallest absolute Gasteiger partial charge is 0.209 e. The highest BCUT2D eigenvalue weighted by molar-refractivity contribution is 6.25. The number of carbonyl (C=O) groups excluding carboxylic acids is 3. The van der Waals surface area contributed by atoms with Crippen molar-refractivity contribution < 1.29 is 34.8 Å². The van der Waals surface area contributed by atoms with E-state index in [4.69, 9.17) is 0 Å². The number of rotatable bonds is 6. The van der Waals surface area contributed by atoms with Gasteiger partial charge in [-0.3, -0.25) is 14.4 Å². The van der Waals surface area contributed by atoms with Crippen LogP contribution >= 0.6 is 0 Å². The molecule has 0 radical (unpaired) electrons. The lowest BCUT2D eigenvalue weighted by molar-refractivity contribution is -0.171. The Morgan fingerprint density at radius 2 is 1.77 bits per heavy atom. The fraction of sp³-hybridized carbons (Fsp3) is 0.375. The number of ketones is 3. The van der Waals surface area contributed by atoms with E-state index in [0.717, 1.165) is 46.8 Å². The topological polar surface area (TPSA) is 132 Å². The first-order valence-electron chi connectivity index (χ1n) is 16.2. The average molecular weight is 635 g/mol. The molecular formula is C40H42O7. The number of phenols is 1. The molecule has 2 aromatic carbocycles. The van der Waals surface area contributed by atoms with E-state index in [1.165, 1.54) is 6.07 Å². The third-order valence-corrected chi connectivity index (χ3v) is 11.0. The summed E-state index contributed by atoms with van der Waals surface area (Å²) in [6.07, 6.45) is 5.91. The molecule has 7 heteroatoms. The van der Waals surface area contributed by atoms with Crippen LogP contribution in [0, 0.1) is 22.7 Å². The zero-order valence-electron chi connectivity index (χ0n) is 27.8. The van der Waals surface area contributed by atoms with Crippen molar-refractivity contribution in [3.05, 3.63) is 111 Å². The van der Waals surface area contributed by atoms with E-state index in [1.807, 2.05) is 45.9 Å². The number of hydrogen-bond acceptors (Lipinski definition) is 7. The first-order chi connectivity index (χ1) is 22.0. The molecule has 0 amide bonds.